The van der Waals surface area contributed by atoms with Crippen LogP contribution >= 0.6 is 0 Å². The molecule has 2 bridgehead atoms. The Balaban J connectivity index is 2.34. The van der Waals surface area contributed by atoms with Gasteiger partial charge >= 0.3 is 5.97 Å². The number of aliphatic hydroxyl groups is 2. The Morgan fingerprint density at radius 1 is 1.08 bits per heavy atom. The van der Waals surface area contributed by atoms with Gasteiger partial charge in [-0.3, -0.25) is 14.4 Å². The molecule has 3 heterocycles. The lowest BCUT2D eigenvalue weighted by Gasteiger charge is -2.48. The van der Waals surface area contributed by atoms with Gasteiger partial charge in [-0.25, -0.2) is 14.2 Å². The first-order chi connectivity index (χ1) is 22.6. The van der Waals surface area contributed by atoms with Crippen LogP contribution in [0.2, 0.25) is 0 Å². The van der Waals surface area contributed by atoms with Crippen LogP contribution in [0, 0.1) is 23.7 Å². The Bertz CT molecular complexity index is 1250. The average molecular weight is 699 g/mol. The summed E-state index contributed by atoms with van der Waals surface area (Å²) in [5, 5.41) is 23.5. The van der Waals surface area contributed by atoms with Gasteiger partial charge in [-0.1, -0.05) is 34.6 Å². The minimum absolute atomic E-state index is 0.0255. The number of hydrogen-bond acceptors (Lipinski definition) is 11. The van der Waals surface area contributed by atoms with Crippen LogP contribution < -0.4 is 0 Å². The first-order valence-corrected chi connectivity index (χ1v) is 17.7. The van der Waals surface area contributed by atoms with Gasteiger partial charge in [0.05, 0.1) is 17.8 Å². The fourth-order valence-electron chi connectivity index (χ4n) is 8.09. The molecule has 13 atom stereocenters. The van der Waals surface area contributed by atoms with Crippen LogP contribution in [0.25, 0.3) is 0 Å². The van der Waals surface area contributed by atoms with Crippen LogP contribution in [0.1, 0.15) is 101 Å². The molecule has 1 amide bonds. The number of rotatable bonds is 5. The number of likely N-dealkylation sites (N-methyl/N-ethyl adjacent to an activating group) is 1. The SMILES string of the molecule is CCC(=O)N=C1[C@H](C)C[C@@]2(C)OCC(=O)CC[C@H]([C@H]1C)[C@](C)(O)[C@@H](CC)OC(=O)[C@@](C)(F)C(=O)[C@H](C)[C@H]2O[C@@H]1O[C@H](C)C[C@H](N(C)C)[C@H]1O. The molecule has 3 aliphatic heterocycles. The van der Waals surface area contributed by atoms with E-state index in [1.54, 1.807) is 20.8 Å². The van der Waals surface area contributed by atoms with Gasteiger partial charge in [0.1, 0.15) is 24.4 Å². The van der Waals surface area contributed by atoms with Gasteiger partial charge < -0.3 is 34.1 Å². The van der Waals surface area contributed by atoms with E-state index in [2.05, 4.69) is 4.99 Å². The number of alkyl halides is 1. The van der Waals surface area contributed by atoms with Gasteiger partial charge in [0.25, 0.3) is 5.67 Å². The van der Waals surface area contributed by atoms with E-state index in [-0.39, 0.29) is 55.9 Å². The highest BCUT2D eigenvalue weighted by Gasteiger charge is 2.56. The molecule has 0 spiro atoms. The summed E-state index contributed by atoms with van der Waals surface area (Å²) in [6.07, 6.45) is -4.62. The van der Waals surface area contributed by atoms with Gasteiger partial charge in [0.15, 0.2) is 17.9 Å². The molecule has 12 nitrogen and oxygen atoms in total. The lowest BCUT2D eigenvalue weighted by molar-refractivity contribution is -0.297. The smallest absolute Gasteiger partial charge is 0.351 e. The van der Waals surface area contributed by atoms with Crippen molar-refractivity contribution in [2.45, 2.75) is 154 Å². The summed E-state index contributed by atoms with van der Waals surface area (Å²) in [5.74, 6) is -6.62. The third kappa shape index (κ3) is 8.84. The molecule has 0 aromatic rings. The molecular weight excluding hydrogens is 639 g/mol. The Kier molecular flexibility index (Phi) is 13.5. The Morgan fingerprint density at radius 2 is 1.71 bits per heavy atom. The Labute approximate surface area is 290 Å². The molecule has 280 valence electrons. The maximum atomic E-state index is 16.6. The largest absolute Gasteiger partial charge is 0.457 e. The predicted molar refractivity (Wildman–Crippen MR) is 180 cm³/mol. The number of aliphatic hydroxyl groups excluding tert-OH is 1. The number of nitrogens with zero attached hydrogens (tertiary/aromatic N) is 2. The van der Waals surface area contributed by atoms with Crippen molar-refractivity contribution in [3.05, 3.63) is 0 Å². The third-order valence-electron chi connectivity index (χ3n) is 11.0. The Hall–Kier alpha value is -2.16. The van der Waals surface area contributed by atoms with E-state index in [0.29, 0.717) is 12.1 Å². The summed E-state index contributed by atoms with van der Waals surface area (Å²) in [4.78, 5) is 60.4. The number of ether oxygens (including phenoxy) is 4. The molecule has 3 saturated heterocycles. The van der Waals surface area contributed by atoms with Gasteiger partial charge in [0, 0.05) is 36.4 Å². The van der Waals surface area contributed by atoms with Gasteiger partial charge in [-0.05, 0) is 79.3 Å². The van der Waals surface area contributed by atoms with Crippen molar-refractivity contribution < 1.29 is 52.7 Å². The minimum atomic E-state index is -3.16. The fraction of sp³-hybridized carbons (Fsp3) is 0.861. The van der Waals surface area contributed by atoms with E-state index in [1.165, 1.54) is 13.8 Å². The van der Waals surface area contributed by atoms with Crippen LogP contribution in [0.3, 0.4) is 0 Å². The number of cyclic esters (lactones) is 1. The van der Waals surface area contributed by atoms with Crippen LogP contribution in [-0.4, -0.2) is 119 Å². The summed E-state index contributed by atoms with van der Waals surface area (Å²) in [6.45, 7) is 13.8. The molecule has 3 rings (SSSR count). The van der Waals surface area contributed by atoms with E-state index < -0.39 is 83.5 Å². The number of hydrogen-bond donors (Lipinski definition) is 2. The zero-order valence-electron chi connectivity index (χ0n) is 31.2. The maximum Gasteiger partial charge on any atom is 0.351 e. The molecule has 0 radical (unpaired) electrons. The van der Waals surface area contributed by atoms with Crippen LogP contribution in [0.4, 0.5) is 4.39 Å². The fourth-order valence-corrected chi connectivity index (χ4v) is 8.09. The monoisotopic (exact) mass is 698 g/mol. The molecule has 2 N–H and O–H groups in total. The summed E-state index contributed by atoms with van der Waals surface area (Å²) < 4.78 is 41.2. The van der Waals surface area contributed by atoms with Crippen molar-refractivity contribution in [3.8, 4) is 0 Å². The summed E-state index contributed by atoms with van der Waals surface area (Å²) in [7, 11) is 3.62. The maximum absolute atomic E-state index is 16.6. The van der Waals surface area contributed by atoms with Crippen molar-refractivity contribution in [1.82, 2.24) is 4.90 Å². The van der Waals surface area contributed by atoms with Gasteiger partial charge in [-0.15, -0.1) is 0 Å². The van der Waals surface area contributed by atoms with Crippen LogP contribution in [0.15, 0.2) is 4.99 Å². The number of ketones is 2. The lowest BCUT2D eigenvalue weighted by Crippen LogP contribution is -2.61. The van der Waals surface area contributed by atoms with Crippen molar-refractivity contribution in [3.63, 3.8) is 0 Å². The second kappa shape index (κ2) is 16.0. The number of Topliss-reactive ketones (excluding diaryl/α,β-unsaturated/α-hetero) is 2. The molecule has 3 aliphatic rings. The highest BCUT2D eigenvalue weighted by molar-refractivity contribution is 6.08. The number of esters is 1. The lowest BCUT2D eigenvalue weighted by atomic mass is 9.68. The standard InChI is InChI=1S/C36H59FN2O10/c1-12-26-36(9,45)24-15-14-23(40)18-46-34(7,17-19(3)28(21(24)5)38-27(41)13-2)31(22(6)30(43)35(8,37)33(44)48-26)49-32-29(42)25(39(10)11)16-20(4)47-32/h19-22,24-26,29,31-32,42,45H,12-18H2,1-11H3/t19-,20-,21-,22+,24-,25+,26-,29-,31-,32+,34-,35+,36+/m1/s1. The molecule has 3 fully saturated rings. The van der Waals surface area contributed by atoms with Crippen LogP contribution in [0.5, 0.6) is 0 Å². The van der Waals surface area contributed by atoms with E-state index in [0.717, 1.165) is 6.92 Å². The molecule has 0 aromatic carbocycles. The number of fused-ring (bicyclic) bond motifs is 5. The van der Waals surface area contributed by atoms with Gasteiger partial charge in [-0.2, -0.15) is 0 Å². The van der Waals surface area contributed by atoms with Crippen molar-refractivity contribution in [2.24, 2.45) is 28.7 Å². The van der Waals surface area contributed by atoms with Crippen LogP contribution in [-0.2, 0) is 38.1 Å². The summed E-state index contributed by atoms with van der Waals surface area (Å²) in [6, 6.07) is -0.378. The van der Waals surface area contributed by atoms with Crippen molar-refractivity contribution in [2.75, 3.05) is 20.7 Å². The highest BCUT2D eigenvalue weighted by Crippen LogP contribution is 2.43. The third-order valence-corrected chi connectivity index (χ3v) is 11.0. The molecule has 13 heteroatoms. The summed E-state index contributed by atoms with van der Waals surface area (Å²) in [5.41, 5.74) is -6.07. The molecule has 0 unspecified atom stereocenters. The first kappa shape index (κ1) is 41.3. The van der Waals surface area contributed by atoms with E-state index >= 15 is 4.39 Å². The zero-order chi connectivity index (χ0) is 37.2. The predicted octanol–water partition coefficient (Wildman–Crippen LogP) is 3.61. The number of aliphatic imine (C=N–C) groups is 1. The number of carbonyl (C=O) groups is 4. The number of halogens is 1. The average Bonchev–Trinajstić information content (AvgIpc) is 3.04. The molecule has 0 aliphatic carbocycles. The molecule has 0 aromatic heterocycles. The molecule has 0 saturated carbocycles. The normalized spacial score (nSPS) is 44.2. The number of carbonyl (C=O) groups excluding carboxylic acids is 4. The summed E-state index contributed by atoms with van der Waals surface area (Å²) >= 11 is 0. The van der Waals surface area contributed by atoms with E-state index in [1.807, 2.05) is 39.8 Å². The first-order valence-electron chi connectivity index (χ1n) is 17.7. The van der Waals surface area contributed by atoms with Crippen molar-refractivity contribution >= 4 is 29.2 Å². The minimum Gasteiger partial charge on any atom is -0.457 e. The van der Waals surface area contributed by atoms with E-state index in [4.69, 9.17) is 18.9 Å². The number of amides is 1. The Morgan fingerprint density at radius 3 is 2.29 bits per heavy atom. The molecule has 49 heavy (non-hydrogen) atoms. The van der Waals surface area contributed by atoms with Gasteiger partial charge in [0.2, 0.25) is 5.91 Å². The highest BCUT2D eigenvalue weighted by atomic mass is 19.1. The molecular formula is C36H59FN2O10. The zero-order valence-corrected chi connectivity index (χ0v) is 31.2. The van der Waals surface area contributed by atoms with E-state index in [9.17, 15) is 29.4 Å². The second-order valence-electron chi connectivity index (χ2n) is 15.3. The quantitative estimate of drug-likeness (QED) is 0.319. The topological polar surface area (TPSA) is 161 Å². The second-order valence-corrected chi connectivity index (χ2v) is 15.3. The van der Waals surface area contributed by atoms with Crippen molar-refractivity contribution in [1.29, 1.82) is 0 Å².